The molecule has 0 heterocycles. The van der Waals surface area contributed by atoms with E-state index in [2.05, 4.69) is 26.1 Å². The Morgan fingerprint density at radius 2 is 1.45 bits per heavy atom. The van der Waals surface area contributed by atoms with E-state index in [1.807, 2.05) is 107 Å². The summed E-state index contributed by atoms with van der Waals surface area (Å²) in [6.07, 6.45) is 0.402. The van der Waals surface area contributed by atoms with Gasteiger partial charge >= 0.3 is 0 Å². The van der Waals surface area contributed by atoms with Gasteiger partial charge in [0.2, 0.25) is 5.91 Å². The van der Waals surface area contributed by atoms with Gasteiger partial charge in [0.1, 0.15) is 11.8 Å². The molecule has 38 heavy (non-hydrogen) atoms. The van der Waals surface area contributed by atoms with Gasteiger partial charge in [0.25, 0.3) is 5.91 Å². The average Bonchev–Trinajstić information content (AvgIpc) is 2.85. The van der Waals surface area contributed by atoms with Crippen LogP contribution in [0.3, 0.4) is 0 Å². The number of nitrogens with one attached hydrogen (secondary N) is 1. The molecular weight excluding hydrogens is 472 g/mol. The summed E-state index contributed by atoms with van der Waals surface area (Å²) < 4.78 is 6.13. The van der Waals surface area contributed by atoms with Crippen molar-refractivity contribution in [3.8, 4) is 5.75 Å². The molecule has 202 valence electrons. The topological polar surface area (TPSA) is 58.6 Å². The summed E-state index contributed by atoms with van der Waals surface area (Å²) in [5.74, 6) is 0.267. The Kier molecular flexibility index (Phi) is 9.37. The maximum atomic E-state index is 13.9. The number of hydrogen-bond donors (Lipinski definition) is 1. The second-order valence-corrected chi connectivity index (χ2v) is 11.9. The highest BCUT2D eigenvalue weighted by atomic mass is 16.5. The number of benzene rings is 3. The molecule has 0 unspecified atom stereocenters. The van der Waals surface area contributed by atoms with Crippen LogP contribution in [0.5, 0.6) is 5.75 Å². The Morgan fingerprint density at radius 3 is 2.08 bits per heavy atom. The fourth-order valence-electron chi connectivity index (χ4n) is 4.41. The second kappa shape index (κ2) is 12.3. The molecule has 0 radical (unpaired) electrons. The number of rotatable bonds is 9. The molecule has 0 saturated carbocycles. The molecule has 3 aromatic rings. The predicted molar refractivity (Wildman–Crippen MR) is 154 cm³/mol. The summed E-state index contributed by atoms with van der Waals surface area (Å²) in [5.41, 5.74) is 3.51. The van der Waals surface area contributed by atoms with Gasteiger partial charge in [0.15, 0.2) is 6.61 Å². The Balaban J connectivity index is 1.97. The minimum atomic E-state index is -0.704. The fraction of sp³-hybridized carbons (Fsp3) is 0.394. The van der Waals surface area contributed by atoms with Crippen LogP contribution in [0.1, 0.15) is 63.8 Å². The first-order valence-corrected chi connectivity index (χ1v) is 13.3. The Labute approximate surface area is 228 Å². The quantitative estimate of drug-likeness (QED) is 0.368. The average molecular weight is 515 g/mol. The van der Waals surface area contributed by atoms with Gasteiger partial charge < -0.3 is 15.0 Å². The molecular formula is C33H42N2O3. The van der Waals surface area contributed by atoms with E-state index in [-0.39, 0.29) is 23.8 Å². The van der Waals surface area contributed by atoms with Gasteiger partial charge in [-0.1, -0.05) is 93.6 Å². The summed E-state index contributed by atoms with van der Waals surface area (Å²) >= 11 is 0. The molecule has 0 aliphatic heterocycles. The van der Waals surface area contributed by atoms with E-state index in [9.17, 15) is 9.59 Å². The molecule has 0 aromatic heterocycles. The van der Waals surface area contributed by atoms with E-state index in [1.54, 1.807) is 4.90 Å². The van der Waals surface area contributed by atoms with E-state index in [0.29, 0.717) is 18.7 Å². The predicted octanol–water partition coefficient (Wildman–Crippen LogP) is 6.23. The van der Waals surface area contributed by atoms with E-state index in [4.69, 9.17) is 4.74 Å². The van der Waals surface area contributed by atoms with Gasteiger partial charge in [-0.2, -0.15) is 0 Å². The molecule has 3 aromatic carbocycles. The van der Waals surface area contributed by atoms with E-state index >= 15 is 0 Å². The van der Waals surface area contributed by atoms with E-state index in [1.165, 1.54) is 0 Å². The van der Waals surface area contributed by atoms with Crippen molar-refractivity contribution >= 4 is 11.8 Å². The first-order chi connectivity index (χ1) is 17.8. The fourth-order valence-corrected chi connectivity index (χ4v) is 4.41. The molecule has 5 heteroatoms. The third-order valence-electron chi connectivity index (χ3n) is 6.42. The summed E-state index contributed by atoms with van der Waals surface area (Å²) in [7, 11) is 0. The summed E-state index contributed by atoms with van der Waals surface area (Å²) in [6, 6.07) is 24.9. The molecule has 0 fully saturated rings. The minimum Gasteiger partial charge on any atom is -0.483 e. The van der Waals surface area contributed by atoms with Crippen LogP contribution in [0.2, 0.25) is 0 Å². The summed E-state index contributed by atoms with van der Waals surface area (Å²) in [6.45, 7) is 14.4. The molecule has 0 aliphatic rings. The summed E-state index contributed by atoms with van der Waals surface area (Å²) in [4.78, 5) is 29.3. The lowest BCUT2D eigenvalue weighted by Crippen LogP contribution is -2.55. The molecule has 0 saturated heterocycles. The first-order valence-electron chi connectivity index (χ1n) is 13.3. The zero-order valence-corrected chi connectivity index (χ0v) is 23.9. The monoisotopic (exact) mass is 514 g/mol. The number of nitrogens with zero attached hydrogens (tertiary/aromatic N) is 1. The molecule has 1 atom stereocenters. The van der Waals surface area contributed by atoms with E-state index < -0.39 is 11.6 Å². The zero-order valence-electron chi connectivity index (χ0n) is 23.9. The molecule has 3 rings (SSSR count). The van der Waals surface area contributed by atoms with Gasteiger partial charge in [-0.3, -0.25) is 9.59 Å². The molecule has 5 nitrogen and oxygen atoms in total. The number of carbonyl (C=O) groups is 2. The van der Waals surface area contributed by atoms with Gasteiger partial charge in [-0.05, 0) is 61.4 Å². The standard InChI is InChI=1S/C33H42N2O3/c1-24-15-11-12-18-26(24)22-35(30(36)23-38-29-20-14-13-19-27(29)32(2,3)4)28(31(37)34-33(5,6)7)21-25-16-9-8-10-17-25/h8-20,28H,21-23H2,1-7H3,(H,34,37)/t28-/m0/s1. The van der Waals surface area contributed by atoms with E-state index in [0.717, 1.165) is 22.3 Å². The van der Waals surface area contributed by atoms with Crippen molar-refractivity contribution in [2.24, 2.45) is 0 Å². The smallest absolute Gasteiger partial charge is 0.261 e. The lowest BCUT2D eigenvalue weighted by atomic mass is 9.86. The van der Waals surface area contributed by atoms with Crippen LogP contribution in [-0.2, 0) is 28.0 Å². The van der Waals surface area contributed by atoms with Gasteiger partial charge in [-0.25, -0.2) is 0 Å². The van der Waals surface area contributed by atoms with Crippen LogP contribution in [0, 0.1) is 6.92 Å². The molecule has 0 aliphatic carbocycles. The maximum absolute atomic E-state index is 13.9. The maximum Gasteiger partial charge on any atom is 0.261 e. The van der Waals surface area contributed by atoms with Crippen molar-refractivity contribution in [1.82, 2.24) is 10.2 Å². The normalized spacial score (nSPS) is 12.5. The van der Waals surface area contributed by atoms with Gasteiger partial charge in [-0.15, -0.1) is 0 Å². The minimum absolute atomic E-state index is 0.136. The number of carbonyl (C=O) groups excluding carboxylic acids is 2. The van der Waals surface area contributed by atoms with Crippen molar-refractivity contribution in [2.75, 3.05) is 6.61 Å². The highest BCUT2D eigenvalue weighted by Crippen LogP contribution is 2.31. The first kappa shape index (κ1) is 29.0. The van der Waals surface area contributed by atoms with Crippen LogP contribution in [0.4, 0.5) is 0 Å². The number of aryl methyl sites for hydroxylation is 1. The largest absolute Gasteiger partial charge is 0.483 e. The van der Waals surface area contributed by atoms with Crippen LogP contribution in [0.15, 0.2) is 78.9 Å². The Morgan fingerprint density at radius 1 is 0.842 bits per heavy atom. The van der Waals surface area contributed by atoms with Crippen LogP contribution in [0.25, 0.3) is 0 Å². The second-order valence-electron chi connectivity index (χ2n) is 11.9. The lowest BCUT2D eigenvalue weighted by molar-refractivity contribution is -0.143. The highest BCUT2D eigenvalue weighted by Gasteiger charge is 2.33. The van der Waals surface area contributed by atoms with Crippen LogP contribution < -0.4 is 10.1 Å². The van der Waals surface area contributed by atoms with Crippen molar-refractivity contribution in [2.45, 2.75) is 78.4 Å². The number of para-hydroxylation sites is 1. The zero-order chi connectivity index (χ0) is 27.9. The van der Waals surface area contributed by atoms with Gasteiger partial charge in [0, 0.05) is 18.5 Å². The number of hydrogen-bond acceptors (Lipinski definition) is 3. The number of amides is 2. The van der Waals surface area contributed by atoms with Crippen LogP contribution >= 0.6 is 0 Å². The molecule has 0 spiro atoms. The lowest BCUT2D eigenvalue weighted by Gasteiger charge is -2.34. The molecule has 0 bridgehead atoms. The van der Waals surface area contributed by atoms with Crippen molar-refractivity contribution in [3.63, 3.8) is 0 Å². The Hall–Kier alpha value is -3.60. The van der Waals surface area contributed by atoms with Crippen molar-refractivity contribution in [1.29, 1.82) is 0 Å². The Bertz CT molecular complexity index is 1220. The van der Waals surface area contributed by atoms with Crippen LogP contribution in [-0.4, -0.2) is 34.9 Å². The number of ether oxygens (including phenoxy) is 1. The molecule has 2 amide bonds. The molecule has 1 N–H and O–H groups in total. The van der Waals surface area contributed by atoms with Crippen molar-refractivity contribution in [3.05, 3.63) is 101 Å². The third-order valence-corrected chi connectivity index (χ3v) is 6.42. The van der Waals surface area contributed by atoms with Crippen molar-refractivity contribution < 1.29 is 14.3 Å². The summed E-state index contributed by atoms with van der Waals surface area (Å²) in [5, 5.41) is 3.10. The SMILES string of the molecule is Cc1ccccc1CN(C(=O)COc1ccccc1C(C)(C)C)[C@@H](Cc1ccccc1)C(=O)NC(C)(C)C. The highest BCUT2D eigenvalue weighted by molar-refractivity contribution is 5.89. The van der Waals surface area contributed by atoms with Gasteiger partial charge in [0.05, 0.1) is 0 Å². The third kappa shape index (κ3) is 8.20.